The molecule has 0 N–H and O–H groups in total. The fourth-order valence-corrected chi connectivity index (χ4v) is 1.16. The first kappa shape index (κ1) is 8.61. The van der Waals surface area contributed by atoms with Gasteiger partial charge in [0.25, 0.3) is 0 Å². The van der Waals surface area contributed by atoms with Crippen LogP contribution in [0.15, 0.2) is 6.07 Å². The van der Waals surface area contributed by atoms with Gasteiger partial charge in [0.1, 0.15) is 11.6 Å². The Morgan fingerprint density at radius 2 is 1.82 bits per heavy atom. The Morgan fingerprint density at radius 3 is 2.36 bits per heavy atom. The quantitative estimate of drug-likeness (QED) is 0.528. The molecule has 0 aromatic heterocycles. The molecule has 0 aliphatic carbocycles. The molecule has 0 saturated carbocycles. The highest BCUT2D eigenvalue weighted by Crippen LogP contribution is 2.13. The smallest absolute Gasteiger partial charge is 0.136 e. The third-order valence-electron chi connectivity index (χ3n) is 1.69. The second kappa shape index (κ2) is 2.86. The van der Waals surface area contributed by atoms with Crippen LogP contribution in [0.3, 0.4) is 0 Å². The molecule has 1 atom stereocenters. The standard InChI is InChI=1S/C8H9F2P/c1-4-3-6(9)5(2)7(10)8(4)11/h3H,11H2,1-2H3. The van der Waals surface area contributed by atoms with Crippen molar-refractivity contribution in [1.82, 2.24) is 0 Å². The van der Waals surface area contributed by atoms with Crippen LogP contribution < -0.4 is 5.30 Å². The van der Waals surface area contributed by atoms with Gasteiger partial charge in [-0.1, -0.05) is 0 Å². The van der Waals surface area contributed by atoms with Gasteiger partial charge in [-0.15, -0.1) is 9.24 Å². The molecule has 0 heterocycles. The summed E-state index contributed by atoms with van der Waals surface area (Å²) in [5.74, 6) is -0.946. The van der Waals surface area contributed by atoms with E-state index in [2.05, 4.69) is 9.24 Å². The van der Waals surface area contributed by atoms with E-state index >= 15 is 0 Å². The van der Waals surface area contributed by atoms with Crippen molar-refractivity contribution in [2.75, 3.05) is 0 Å². The number of aryl methyl sites for hydroxylation is 1. The summed E-state index contributed by atoms with van der Waals surface area (Å²) in [7, 11) is 2.26. The van der Waals surface area contributed by atoms with E-state index in [1.54, 1.807) is 6.92 Å². The first-order valence-corrected chi connectivity index (χ1v) is 3.82. The molecule has 0 fully saturated rings. The number of benzene rings is 1. The maximum Gasteiger partial charge on any atom is 0.136 e. The molecule has 1 aromatic rings. The van der Waals surface area contributed by atoms with Crippen molar-refractivity contribution in [1.29, 1.82) is 0 Å². The van der Waals surface area contributed by atoms with Crippen molar-refractivity contribution in [3.05, 3.63) is 28.8 Å². The maximum atomic E-state index is 13.0. The van der Waals surface area contributed by atoms with Crippen LogP contribution >= 0.6 is 9.24 Å². The fraction of sp³-hybridized carbons (Fsp3) is 0.250. The van der Waals surface area contributed by atoms with Gasteiger partial charge in [-0.05, 0) is 25.5 Å². The van der Waals surface area contributed by atoms with E-state index in [-0.39, 0.29) is 5.56 Å². The zero-order valence-corrected chi connectivity index (χ0v) is 7.57. The van der Waals surface area contributed by atoms with Crippen LogP contribution in [0.2, 0.25) is 0 Å². The topological polar surface area (TPSA) is 0 Å². The number of hydrogen-bond acceptors (Lipinski definition) is 0. The number of rotatable bonds is 0. The molecule has 0 spiro atoms. The van der Waals surface area contributed by atoms with Gasteiger partial charge in [-0.25, -0.2) is 8.78 Å². The molecule has 60 valence electrons. The lowest BCUT2D eigenvalue weighted by atomic mass is 10.1. The molecule has 0 bridgehead atoms. The Labute approximate surface area is 66.8 Å². The van der Waals surface area contributed by atoms with Gasteiger partial charge in [0.05, 0.1) is 0 Å². The Balaban J connectivity index is 3.46. The third kappa shape index (κ3) is 1.41. The van der Waals surface area contributed by atoms with Gasteiger partial charge in [0.2, 0.25) is 0 Å². The fourth-order valence-electron chi connectivity index (χ4n) is 0.856. The summed E-state index contributed by atoms with van der Waals surface area (Å²) in [6.45, 7) is 3.10. The van der Waals surface area contributed by atoms with Crippen LogP contribution in [-0.2, 0) is 0 Å². The monoisotopic (exact) mass is 174 g/mol. The normalized spacial score (nSPS) is 10.3. The predicted molar refractivity (Wildman–Crippen MR) is 45.2 cm³/mol. The molecule has 0 aliphatic rings. The lowest BCUT2D eigenvalue weighted by molar-refractivity contribution is 0.572. The molecular formula is C8H9F2P. The molecule has 0 nitrogen and oxygen atoms in total. The second-order valence-corrected chi connectivity index (χ2v) is 3.11. The van der Waals surface area contributed by atoms with Gasteiger partial charge in [0, 0.05) is 10.9 Å². The molecule has 0 aliphatic heterocycles. The van der Waals surface area contributed by atoms with E-state index in [0.717, 1.165) is 0 Å². The van der Waals surface area contributed by atoms with Crippen LogP contribution in [0.25, 0.3) is 0 Å². The first-order chi connectivity index (χ1) is 5.04. The SMILES string of the molecule is Cc1cc(F)c(C)c(F)c1P. The molecule has 3 heteroatoms. The second-order valence-electron chi connectivity index (χ2n) is 2.53. The van der Waals surface area contributed by atoms with E-state index in [0.29, 0.717) is 10.9 Å². The molecule has 11 heavy (non-hydrogen) atoms. The van der Waals surface area contributed by atoms with E-state index in [9.17, 15) is 8.78 Å². The zero-order chi connectivity index (χ0) is 8.59. The molecule has 0 saturated heterocycles. The average Bonchev–Trinajstić information content (AvgIpc) is 1.97. The van der Waals surface area contributed by atoms with Crippen molar-refractivity contribution >= 4 is 14.5 Å². The summed E-state index contributed by atoms with van der Waals surface area (Å²) in [6, 6.07) is 1.33. The van der Waals surface area contributed by atoms with Crippen molar-refractivity contribution in [3.63, 3.8) is 0 Å². The largest absolute Gasteiger partial charge is 0.207 e. The van der Waals surface area contributed by atoms with Gasteiger partial charge in [-0.3, -0.25) is 0 Å². The lowest BCUT2D eigenvalue weighted by Gasteiger charge is -2.04. The minimum absolute atomic E-state index is 0.0839. The van der Waals surface area contributed by atoms with Crippen LogP contribution in [0.5, 0.6) is 0 Å². The average molecular weight is 174 g/mol. The third-order valence-corrected chi connectivity index (χ3v) is 2.40. The van der Waals surface area contributed by atoms with Gasteiger partial charge < -0.3 is 0 Å². The summed E-state index contributed by atoms with van der Waals surface area (Å²) < 4.78 is 25.8. The van der Waals surface area contributed by atoms with Crippen molar-refractivity contribution < 1.29 is 8.78 Å². The lowest BCUT2D eigenvalue weighted by Crippen LogP contribution is -2.07. The number of hydrogen-bond donors (Lipinski definition) is 0. The van der Waals surface area contributed by atoms with Crippen LogP contribution in [0, 0.1) is 25.5 Å². The Morgan fingerprint density at radius 1 is 1.27 bits per heavy atom. The van der Waals surface area contributed by atoms with Gasteiger partial charge >= 0.3 is 0 Å². The van der Waals surface area contributed by atoms with E-state index < -0.39 is 11.6 Å². The van der Waals surface area contributed by atoms with Crippen molar-refractivity contribution in [3.8, 4) is 0 Å². The highest BCUT2D eigenvalue weighted by atomic mass is 31.0. The summed E-state index contributed by atoms with van der Waals surface area (Å²) in [5, 5.41) is 0.448. The van der Waals surface area contributed by atoms with Gasteiger partial charge in [-0.2, -0.15) is 0 Å². The Bertz CT molecular complexity index is 268. The van der Waals surface area contributed by atoms with Crippen molar-refractivity contribution in [2.45, 2.75) is 13.8 Å². The maximum absolute atomic E-state index is 13.0. The number of halogens is 2. The molecule has 0 radical (unpaired) electrons. The predicted octanol–water partition coefficient (Wildman–Crippen LogP) is 2.08. The van der Waals surface area contributed by atoms with Crippen LogP contribution in [0.4, 0.5) is 8.78 Å². The van der Waals surface area contributed by atoms with Crippen LogP contribution in [-0.4, -0.2) is 0 Å². The summed E-state index contributed by atoms with van der Waals surface area (Å²) in [4.78, 5) is 0. The Kier molecular flexibility index (Phi) is 2.24. The molecule has 1 unspecified atom stereocenters. The van der Waals surface area contributed by atoms with E-state index in [1.807, 2.05) is 0 Å². The molecular weight excluding hydrogens is 165 g/mol. The summed E-state index contributed by atoms with van der Waals surface area (Å²) >= 11 is 0. The Hall–Kier alpha value is -0.490. The van der Waals surface area contributed by atoms with E-state index in [1.165, 1.54) is 13.0 Å². The summed E-state index contributed by atoms with van der Waals surface area (Å²) in [6.07, 6.45) is 0. The van der Waals surface area contributed by atoms with E-state index in [4.69, 9.17) is 0 Å². The highest BCUT2D eigenvalue weighted by Gasteiger charge is 2.08. The minimum atomic E-state index is -0.480. The summed E-state index contributed by atoms with van der Waals surface area (Å²) in [5.41, 5.74) is 0.705. The van der Waals surface area contributed by atoms with Crippen LogP contribution in [0.1, 0.15) is 11.1 Å². The molecule has 1 aromatic carbocycles. The molecule has 0 amide bonds. The zero-order valence-electron chi connectivity index (χ0n) is 6.41. The minimum Gasteiger partial charge on any atom is -0.207 e. The molecule has 1 rings (SSSR count). The first-order valence-electron chi connectivity index (χ1n) is 3.24. The van der Waals surface area contributed by atoms with Gasteiger partial charge in [0.15, 0.2) is 0 Å². The highest BCUT2D eigenvalue weighted by molar-refractivity contribution is 7.27. The van der Waals surface area contributed by atoms with Crippen molar-refractivity contribution in [2.24, 2.45) is 0 Å².